The SMILES string of the molecule is CSCC[C@H](NC(=O)[C@H](CCCCN)NC(=O)[C@H](CCCN=C(N)N)NC(=O)[C@H](CO)NC(=O)[C@H](Cc1c[nH]c2ccccc12)NC(=O)[C@H](CCCN=C(N)N)NC(=O)[C@H](CC(C)C)NC(=O)[C@H](N)CC(C)C)C(=O)N1CCC[C@H]1C(=O)N[C@@H](CS)C(=O)N[C@H](C(=O)N[C@@H](CO)C(=O)O)C(C)C. The van der Waals surface area contributed by atoms with Crippen molar-refractivity contribution in [1.29, 1.82) is 0 Å². The Morgan fingerprint density at radius 2 is 1.07 bits per heavy atom. The molecule has 1 fully saturated rings. The highest BCUT2D eigenvalue weighted by molar-refractivity contribution is 7.98. The van der Waals surface area contributed by atoms with E-state index in [1.807, 2.05) is 27.7 Å². The molecular weight excluding hydrogens is 1360 g/mol. The van der Waals surface area contributed by atoms with E-state index in [0.29, 0.717) is 41.5 Å². The smallest absolute Gasteiger partial charge is 0.328 e. The summed E-state index contributed by atoms with van der Waals surface area (Å²) in [5.41, 5.74) is 35.6. The number of aromatic amines is 1. The van der Waals surface area contributed by atoms with Crippen LogP contribution in [0.4, 0.5) is 0 Å². The molecule has 2 aromatic rings. The second kappa shape index (κ2) is 45.5. The number of rotatable bonds is 47. The summed E-state index contributed by atoms with van der Waals surface area (Å²) in [6.07, 6.45) is 4.81. The molecule has 2 heterocycles. The number of nitrogens with two attached hydrogens (primary N) is 6. The van der Waals surface area contributed by atoms with Gasteiger partial charge in [0.25, 0.3) is 0 Å². The van der Waals surface area contributed by atoms with Crippen LogP contribution in [0, 0.1) is 17.8 Å². The van der Waals surface area contributed by atoms with Crippen LogP contribution in [-0.2, 0) is 64.0 Å². The highest BCUT2D eigenvalue weighted by Crippen LogP contribution is 2.23. The molecule has 0 radical (unpaired) electrons. The minimum atomic E-state index is -1.81. The third-order valence-electron chi connectivity index (χ3n) is 16.6. The molecule has 12 atom stereocenters. The van der Waals surface area contributed by atoms with Crippen LogP contribution in [0.15, 0.2) is 40.4 Å². The minimum absolute atomic E-state index is 0.0302. The summed E-state index contributed by atoms with van der Waals surface area (Å²) >= 11 is 5.62. The predicted molar refractivity (Wildman–Crippen MR) is 389 cm³/mol. The zero-order valence-corrected chi connectivity index (χ0v) is 61.0. The third kappa shape index (κ3) is 29.8. The molecule has 26 N–H and O–H groups in total. The molecule has 11 amide bonds. The van der Waals surface area contributed by atoms with E-state index >= 15 is 0 Å². The van der Waals surface area contributed by atoms with Crippen molar-refractivity contribution in [2.75, 3.05) is 57.2 Å². The van der Waals surface area contributed by atoms with E-state index < -0.39 is 163 Å². The van der Waals surface area contributed by atoms with E-state index in [2.05, 4.69) is 80.8 Å². The average molecular weight is 1480 g/mol. The number of aliphatic hydroxyl groups excluding tert-OH is 2. The van der Waals surface area contributed by atoms with E-state index in [9.17, 15) is 72.9 Å². The van der Waals surface area contributed by atoms with Crippen LogP contribution in [0.3, 0.4) is 0 Å². The first-order valence-corrected chi connectivity index (χ1v) is 36.3. The largest absolute Gasteiger partial charge is 0.480 e. The van der Waals surface area contributed by atoms with Crippen molar-refractivity contribution in [2.24, 2.45) is 62.1 Å². The zero-order valence-electron chi connectivity index (χ0n) is 59.3. The molecule has 0 bridgehead atoms. The van der Waals surface area contributed by atoms with Gasteiger partial charge in [0.1, 0.15) is 66.5 Å². The average Bonchev–Trinajstić information content (AvgIpc) is 1.64. The lowest BCUT2D eigenvalue weighted by Crippen LogP contribution is -2.61. The molecule has 102 heavy (non-hydrogen) atoms. The second-order valence-electron chi connectivity index (χ2n) is 26.2. The fourth-order valence-corrected chi connectivity index (χ4v) is 11.9. The van der Waals surface area contributed by atoms with Gasteiger partial charge in [0.15, 0.2) is 11.9 Å². The Morgan fingerprint density at radius 3 is 1.58 bits per heavy atom. The van der Waals surface area contributed by atoms with Crippen molar-refractivity contribution < 1.29 is 72.9 Å². The monoisotopic (exact) mass is 1470 g/mol. The van der Waals surface area contributed by atoms with Gasteiger partial charge in [-0.3, -0.25) is 62.7 Å². The molecule has 1 aliphatic rings. The number of thiol groups is 1. The van der Waals surface area contributed by atoms with Crippen molar-refractivity contribution in [3.63, 3.8) is 0 Å². The number of amides is 11. The van der Waals surface area contributed by atoms with Gasteiger partial charge in [-0.1, -0.05) is 59.7 Å². The Hall–Kier alpha value is -8.52. The van der Waals surface area contributed by atoms with E-state index in [1.54, 1.807) is 50.6 Å². The number of nitrogens with one attached hydrogen (secondary N) is 11. The van der Waals surface area contributed by atoms with E-state index in [0.717, 1.165) is 0 Å². The van der Waals surface area contributed by atoms with E-state index in [4.69, 9.17) is 34.4 Å². The van der Waals surface area contributed by atoms with Crippen LogP contribution in [0.5, 0.6) is 0 Å². The molecule has 572 valence electrons. The summed E-state index contributed by atoms with van der Waals surface area (Å²) in [5, 5.41) is 56.4. The molecule has 0 spiro atoms. The van der Waals surface area contributed by atoms with E-state index in [-0.39, 0.29) is 120 Å². The number of hydrogen-bond donors (Lipinski definition) is 21. The number of carbonyl (C=O) groups is 12. The Labute approximate surface area is 604 Å². The fourth-order valence-electron chi connectivity index (χ4n) is 11.2. The molecule has 3 rings (SSSR count). The lowest BCUT2D eigenvalue weighted by atomic mass is 9.99. The number of aliphatic hydroxyl groups is 2. The standard InChI is InChI=1S/C65H110N20O15S2/c1-34(2)27-39(67)52(88)79-45(28-35(3)4)56(92)76-43(19-13-24-73-65(70)71)55(91)80-46(29-37-30-74-40-16-9-8-15-38(37)40)57(93)81-47(31-86)58(94)77-42(18-12-23-72-64(68)69)53(89)75-41(17-10-11-22-66)54(90)78-44(21-26-102-7)62(98)85-25-14-20-50(85)60(96)83-49(33-101)59(95)84-51(36(5)6)61(97)82-48(32-87)63(99)100/h8-9,15-16,30,34-36,39,41-51,74,86-87,101H,10-14,17-29,31-33,66-67H2,1-7H3,(H,75,89)(H,76,92)(H,77,94)(H,78,90)(H,79,88)(H,80,91)(H,81,93)(H,82,97)(H,83,96)(H,84,95)(H,99,100)(H4,68,69,72)(H4,70,71,73)/t39-,41+,42+,43+,44+,45+,46+,47+,48+,49+,50+,51+/m1/s1. The number of aliphatic imine (C=N–C) groups is 2. The van der Waals surface area contributed by atoms with Crippen LogP contribution in [0.2, 0.25) is 0 Å². The number of guanidine groups is 2. The minimum Gasteiger partial charge on any atom is -0.480 e. The van der Waals surface area contributed by atoms with Crippen LogP contribution < -0.4 is 87.6 Å². The van der Waals surface area contributed by atoms with Gasteiger partial charge < -0.3 is 113 Å². The maximum absolute atomic E-state index is 14.8. The first kappa shape index (κ1) is 87.7. The van der Waals surface area contributed by atoms with Gasteiger partial charge in [-0.05, 0) is 125 Å². The van der Waals surface area contributed by atoms with E-state index in [1.165, 1.54) is 16.7 Å². The predicted octanol–water partition coefficient (Wildman–Crippen LogP) is -4.39. The first-order chi connectivity index (χ1) is 48.3. The van der Waals surface area contributed by atoms with Crippen LogP contribution in [0.1, 0.15) is 124 Å². The van der Waals surface area contributed by atoms with Gasteiger partial charge in [-0.2, -0.15) is 24.4 Å². The number of likely N-dealkylation sites (tertiary alicyclic amines) is 1. The second-order valence-corrected chi connectivity index (χ2v) is 27.6. The van der Waals surface area contributed by atoms with Gasteiger partial charge in [0.05, 0.1) is 19.3 Å². The highest BCUT2D eigenvalue weighted by Gasteiger charge is 2.41. The number of carbonyl (C=O) groups excluding carboxylic acids is 11. The first-order valence-electron chi connectivity index (χ1n) is 34.3. The molecular formula is C65H110N20O15S2. The van der Waals surface area contributed by atoms with Crippen molar-refractivity contribution in [2.45, 2.75) is 198 Å². The number of nitrogens with zero attached hydrogens (tertiary/aromatic N) is 3. The summed E-state index contributed by atoms with van der Waals surface area (Å²) in [7, 11) is 0. The Balaban J connectivity index is 1.98. The normalized spacial score (nSPS) is 16.1. The highest BCUT2D eigenvalue weighted by atomic mass is 32.2. The lowest BCUT2D eigenvalue weighted by molar-refractivity contribution is -0.144. The topological polar surface area (TPSA) is 586 Å². The van der Waals surface area contributed by atoms with Crippen molar-refractivity contribution in [3.8, 4) is 0 Å². The number of thioether (sulfide) groups is 1. The maximum Gasteiger partial charge on any atom is 0.328 e. The maximum atomic E-state index is 14.8. The van der Waals surface area contributed by atoms with Crippen LogP contribution in [-0.4, -0.2) is 238 Å². The molecule has 1 aliphatic heterocycles. The molecule has 37 heteroatoms. The third-order valence-corrected chi connectivity index (χ3v) is 17.6. The lowest BCUT2D eigenvalue weighted by Gasteiger charge is -2.31. The number of unbranched alkanes of at least 4 members (excludes halogenated alkanes) is 1. The number of carboxylic acid groups (broad SMARTS) is 1. The number of hydrogen-bond acceptors (Lipinski definition) is 20. The Kier molecular flexibility index (Phi) is 39.1. The summed E-state index contributed by atoms with van der Waals surface area (Å²) in [4.78, 5) is 180. The summed E-state index contributed by atoms with van der Waals surface area (Å²) in [6, 6.07) is -9.30. The van der Waals surface area contributed by atoms with Gasteiger partial charge in [0.2, 0.25) is 65.0 Å². The van der Waals surface area contributed by atoms with Gasteiger partial charge in [0, 0.05) is 48.9 Å². The number of fused-ring (bicyclic) bond motifs is 1. The number of H-pyrrole nitrogens is 1. The van der Waals surface area contributed by atoms with Crippen molar-refractivity contribution in [3.05, 3.63) is 36.0 Å². The summed E-state index contributed by atoms with van der Waals surface area (Å²) < 4.78 is 0. The molecule has 0 unspecified atom stereocenters. The fraction of sp³-hybridized carbons (Fsp3) is 0.662. The number of carboxylic acids is 1. The number of para-hydroxylation sites is 1. The summed E-state index contributed by atoms with van der Waals surface area (Å²) in [5.74, 6) is -11.7. The number of aromatic nitrogens is 1. The van der Waals surface area contributed by atoms with Crippen molar-refractivity contribution in [1.82, 2.24) is 63.1 Å². The molecule has 0 saturated carbocycles. The summed E-state index contributed by atoms with van der Waals surface area (Å²) in [6.45, 7) is 8.93. The number of benzene rings is 1. The number of aliphatic carboxylic acids is 1. The van der Waals surface area contributed by atoms with Crippen LogP contribution in [0.25, 0.3) is 10.9 Å². The van der Waals surface area contributed by atoms with Crippen molar-refractivity contribution >= 4 is 118 Å². The zero-order chi connectivity index (χ0) is 76.3. The van der Waals surface area contributed by atoms with Gasteiger partial charge >= 0.3 is 5.97 Å². The van der Waals surface area contributed by atoms with Gasteiger partial charge in [-0.25, -0.2) is 4.79 Å². The molecule has 1 saturated heterocycles. The quantitative estimate of drug-likeness (QED) is 0.0129. The Bertz CT molecular complexity index is 3170. The molecule has 35 nitrogen and oxygen atoms in total. The van der Waals surface area contributed by atoms with Gasteiger partial charge in [-0.15, -0.1) is 0 Å². The van der Waals surface area contributed by atoms with Crippen LogP contribution >= 0.6 is 24.4 Å². The molecule has 1 aromatic carbocycles. The molecule has 0 aliphatic carbocycles. The molecule has 1 aromatic heterocycles. The Morgan fingerprint density at radius 1 is 0.588 bits per heavy atom.